The number of aliphatic hydroxyl groups is 1. The molecule has 19 heavy (non-hydrogen) atoms. The predicted octanol–water partition coefficient (Wildman–Crippen LogP) is 1.70. The summed E-state index contributed by atoms with van der Waals surface area (Å²) in [6.45, 7) is 1.16. The van der Waals surface area contributed by atoms with Crippen LogP contribution in [0.15, 0.2) is 18.2 Å². The first-order valence-electron chi connectivity index (χ1n) is 6.32. The SMILES string of the molecule is CN(c1ccc([N+](=O)[O-])c(CO)c1)C1CCOCC1. The van der Waals surface area contributed by atoms with Crippen molar-refractivity contribution in [3.05, 3.63) is 33.9 Å². The first-order chi connectivity index (χ1) is 9.13. The summed E-state index contributed by atoms with van der Waals surface area (Å²) in [5, 5.41) is 20.1. The molecule has 1 aromatic carbocycles. The maximum atomic E-state index is 10.8. The van der Waals surface area contributed by atoms with E-state index in [9.17, 15) is 15.2 Å². The van der Waals surface area contributed by atoms with Gasteiger partial charge < -0.3 is 14.7 Å². The van der Waals surface area contributed by atoms with Crippen LogP contribution in [0.4, 0.5) is 11.4 Å². The Kier molecular flexibility index (Phi) is 4.34. The largest absolute Gasteiger partial charge is 0.391 e. The third-order valence-electron chi connectivity index (χ3n) is 3.58. The minimum absolute atomic E-state index is 0.0355. The van der Waals surface area contributed by atoms with Gasteiger partial charge in [0.1, 0.15) is 0 Å². The molecular formula is C13H18N2O4. The van der Waals surface area contributed by atoms with Gasteiger partial charge in [-0.15, -0.1) is 0 Å². The molecule has 0 bridgehead atoms. The summed E-state index contributed by atoms with van der Waals surface area (Å²) in [5.41, 5.74) is 1.20. The number of ether oxygens (including phenoxy) is 1. The average molecular weight is 266 g/mol. The summed E-state index contributed by atoms with van der Waals surface area (Å²) >= 11 is 0. The molecule has 6 heteroatoms. The van der Waals surface area contributed by atoms with Crippen LogP contribution in [0, 0.1) is 10.1 Å². The first kappa shape index (κ1) is 13.8. The number of nitrogens with zero attached hydrogens (tertiary/aromatic N) is 2. The van der Waals surface area contributed by atoms with Gasteiger partial charge in [0.15, 0.2) is 0 Å². The molecule has 2 rings (SSSR count). The number of benzene rings is 1. The molecule has 0 unspecified atom stereocenters. The van der Waals surface area contributed by atoms with E-state index < -0.39 is 4.92 Å². The highest BCUT2D eigenvalue weighted by atomic mass is 16.6. The zero-order valence-electron chi connectivity index (χ0n) is 10.9. The van der Waals surface area contributed by atoms with Crippen molar-refractivity contribution in [3.63, 3.8) is 0 Å². The Balaban J connectivity index is 2.22. The number of nitro groups is 1. The van der Waals surface area contributed by atoms with Crippen molar-refractivity contribution in [2.45, 2.75) is 25.5 Å². The van der Waals surface area contributed by atoms with Crippen molar-refractivity contribution < 1.29 is 14.8 Å². The van der Waals surface area contributed by atoms with Gasteiger partial charge in [-0.05, 0) is 25.0 Å². The molecule has 0 aromatic heterocycles. The number of nitro benzene ring substituents is 1. The Morgan fingerprint density at radius 3 is 2.74 bits per heavy atom. The van der Waals surface area contributed by atoms with E-state index in [1.54, 1.807) is 12.1 Å². The van der Waals surface area contributed by atoms with Crippen molar-refractivity contribution in [2.24, 2.45) is 0 Å². The number of rotatable bonds is 4. The van der Waals surface area contributed by atoms with E-state index in [0.29, 0.717) is 11.6 Å². The second-order valence-electron chi connectivity index (χ2n) is 4.68. The molecule has 1 aliphatic rings. The lowest BCUT2D eigenvalue weighted by atomic mass is 10.1. The van der Waals surface area contributed by atoms with Crippen molar-refractivity contribution in [2.75, 3.05) is 25.2 Å². The maximum Gasteiger partial charge on any atom is 0.275 e. The van der Waals surface area contributed by atoms with Crippen LogP contribution >= 0.6 is 0 Å². The molecule has 0 saturated carbocycles. The standard InChI is InChI=1S/C13H18N2O4/c1-14(11-4-6-19-7-5-11)12-2-3-13(15(17)18)10(8-12)9-16/h2-3,8,11,16H,4-7,9H2,1H3. The van der Waals surface area contributed by atoms with Gasteiger partial charge in [0, 0.05) is 38.1 Å². The summed E-state index contributed by atoms with van der Waals surface area (Å²) in [7, 11) is 1.97. The van der Waals surface area contributed by atoms with Crippen LogP contribution < -0.4 is 4.90 Å². The van der Waals surface area contributed by atoms with Gasteiger partial charge in [0.25, 0.3) is 5.69 Å². The minimum Gasteiger partial charge on any atom is -0.391 e. The fourth-order valence-corrected chi connectivity index (χ4v) is 2.38. The van der Waals surface area contributed by atoms with Crippen LogP contribution in [-0.4, -0.2) is 36.3 Å². The normalized spacial score (nSPS) is 16.3. The number of anilines is 1. The van der Waals surface area contributed by atoms with Crippen LogP contribution in [0.25, 0.3) is 0 Å². The summed E-state index contributed by atoms with van der Waals surface area (Å²) < 4.78 is 5.33. The lowest BCUT2D eigenvalue weighted by molar-refractivity contribution is -0.385. The Labute approximate surface area is 111 Å². The lowest BCUT2D eigenvalue weighted by Crippen LogP contribution is -2.36. The highest BCUT2D eigenvalue weighted by molar-refractivity contribution is 5.55. The van der Waals surface area contributed by atoms with Crippen LogP contribution in [0.5, 0.6) is 0 Å². The van der Waals surface area contributed by atoms with Gasteiger partial charge in [-0.25, -0.2) is 0 Å². The van der Waals surface area contributed by atoms with E-state index in [4.69, 9.17) is 4.74 Å². The van der Waals surface area contributed by atoms with Crippen LogP contribution in [0.2, 0.25) is 0 Å². The Hall–Kier alpha value is -1.66. The summed E-state index contributed by atoms with van der Waals surface area (Å²) in [4.78, 5) is 12.5. The van der Waals surface area contributed by atoms with E-state index in [1.807, 2.05) is 7.05 Å². The topological polar surface area (TPSA) is 75.8 Å². The lowest BCUT2D eigenvalue weighted by Gasteiger charge is -2.33. The van der Waals surface area contributed by atoms with Crippen LogP contribution in [0.3, 0.4) is 0 Å². The van der Waals surface area contributed by atoms with E-state index in [2.05, 4.69) is 4.90 Å². The highest BCUT2D eigenvalue weighted by Crippen LogP contribution is 2.27. The zero-order valence-corrected chi connectivity index (χ0v) is 10.9. The van der Waals surface area contributed by atoms with Crippen molar-refractivity contribution in [1.82, 2.24) is 0 Å². The number of hydrogen-bond acceptors (Lipinski definition) is 5. The molecular weight excluding hydrogens is 248 g/mol. The summed E-state index contributed by atoms with van der Waals surface area (Å²) in [5.74, 6) is 0. The van der Waals surface area contributed by atoms with Gasteiger partial charge in [0.05, 0.1) is 17.1 Å². The van der Waals surface area contributed by atoms with Gasteiger partial charge in [-0.2, -0.15) is 0 Å². The number of hydrogen-bond donors (Lipinski definition) is 1. The van der Waals surface area contributed by atoms with E-state index in [-0.39, 0.29) is 12.3 Å². The fraction of sp³-hybridized carbons (Fsp3) is 0.538. The van der Waals surface area contributed by atoms with Gasteiger partial charge in [-0.3, -0.25) is 10.1 Å². The molecule has 1 N–H and O–H groups in total. The Bertz CT molecular complexity index is 458. The van der Waals surface area contributed by atoms with Gasteiger partial charge in [-0.1, -0.05) is 0 Å². The zero-order chi connectivity index (χ0) is 13.8. The Morgan fingerprint density at radius 2 is 2.16 bits per heavy atom. The summed E-state index contributed by atoms with van der Waals surface area (Å²) in [6.07, 6.45) is 1.89. The highest BCUT2D eigenvalue weighted by Gasteiger charge is 2.21. The molecule has 0 atom stereocenters. The average Bonchev–Trinajstić information content (AvgIpc) is 2.46. The smallest absolute Gasteiger partial charge is 0.275 e. The third kappa shape index (κ3) is 3.02. The molecule has 6 nitrogen and oxygen atoms in total. The van der Waals surface area contributed by atoms with E-state index in [1.165, 1.54) is 6.07 Å². The van der Waals surface area contributed by atoms with Crippen molar-refractivity contribution in [3.8, 4) is 0 Å². The van der Waals surface area contributed by atoms with Gasteiger partial charge >= 0.3 is 0 Å². The molecule has 1 aliphatic heterocycles. The molecule has 1 aromatic rings. The fourth-order valence-electron chi connectivity index (χ4n) is 2.38. The maximum absolute atomic E-state index is 10.8. The second-order valence-corrected chi connectivity index (χ2v) is 4.68. The third-order valence-corrected chi connectivity index (χ3v) is 3.58. The second kappa shape index (κ2) is 5.99. The minimum atomic E-state index is -0.468. The van der Waals surface area contributed by atoms with E-state index >= 15 is 0 Å². The monoisotopic (exact) mass is 266 g/mol. The van der Waals surface area contributed by atoms with Crippen LogP contribution in [-0.2, 0) is 11.3 Å². The van der Waals surface area contributed by atoms with Crippen molar-refractivity contribution in [1.29, 1.82) is 0 Å². The first-order valence-corrected chi connectivity index (χ1v) is 6.32. The molecule has 1 heterocycles. The molecule has 0 spiro atoms. The molecule has 1 saturated heterocycles. The predicted molar refractivity (Wildman–Crippen MR) is 71.3 cm³/mol. The molecule has 0 radical (unpaired) electrons. The van der Waals surface area contributed by atoms with Crippen LogP contribution in [0.1, 0.15) is 18.4 Å². The quantitative estimate of drug-likeness (QED) is 0.663. The molecule has 1 fully saturated rings. The Morgan fingerprint density at radius 1 is 1.47 bits per heavy atom. The van der Waals surface area contributed by atoms with Crippen molar-refractivity contribution >= 4 is 11.4 Å². The van der Waals surface area contributed by atoms with E-state index in [0.717, 1.165) is 31.7 Å². The molecule has 0 aliphatic carbocycles. The molecule has 104 valence electrons. The summed E-state index contributed by atoms with van der Waals surface area (Å²) in [6, 6.07) is 5.25. The van der Waals surface area contributed by atoms with Gasteiger partial charge in [0.2, 0.25) is 0 Å². The number of aliphatic hydroxyl groups excluding tert-OH is 1. The molecule has 0 amide bonds.